The van der Waals surface area contributed by atoms with Crippen molar-refractivity contribution in [2.24, 2.45) is 7.05 Å². The number of thioether (sulfide) groups is 1. The number of para-hydroxylation sites is 2. The Hall–Kier alpha value is -2.58. The third kappa shape index (κ3) is 3.75. The number of halogens is 1. The molecule has 3 aromatic rings. The summed E-state index contributed by atoms with van der Waals surface area (Å²) in [5.41, 5.74) is 1.69. The van der Waals surface area contributed by atoms with E-state index in [1.807, 2.05) is 35.9 Å². The predicted octanol–water partition coefficient (Wildman–Crippen LogP) is 3.87. The van der Waals surface area contributed by atoms with Gasteiger partial charge >= 0.3 is 0 Å². The van der Waals surface area contributed by atoms with Crippen molar-refractivity contribution in [3.05, 3.63) is 57.6 Å². The zero-order chi connectivity index (χ0) is 18.0. The first-order chi connectivity index (χ1) is 12.0. The number of carbonyl (C=O) groups excluding carboxylic acids is 1. The average molecular weight is 377 g/mol. The Bertz CT molecular complexity index is 973. The van der Waals surface area contributed by atoms with Gasteiger partial charge in [0.05, 0.1) is 21.7 Å². The molecule has 0 saturated carbocycles. The highest BCUT2D eigenvalue weighted by Gasteiger charge is 2.17. The minimum atomic E-state index is -0.583. The highest BCUT2D eigenvalue weighted by molar-refractivity contribution is 7.99. The first-order valence-corrected chi connectivity index (χ1v) is 8.60. The van der Waals surface area contributed by atoms with Gasteiger partial charge in [0.2, 0.25) is 5.91 Å². The molecule has 0 aliphatic carbocycles. The van der Waals surface area contributed by atoms with Crippen molar-refractivity contribution in [1.82, 2.24) is 9.55 Å². The Morgan fingerprint density at radius 3 is 2.84 bits per heavy atom. The van der Waals surface area contributed by atoms with Gasteiger partial charge in [0.15, 0.2) is 5.16 Å². The molecule has 1 aromatic heterocycles. The maximum atomic E-state index is 12.1. The molecule has 9 heteroatoms. The number of benzene rings is 2. The van der Waals surface area contributed by atoms with Crippen LogP contribution in [-0.4, -0.2) is 26.1 Å². The van der Waals surface area contributed by atoms with Gasteiger partial charge in [0.1, 0.15) is 5.69 Å². The van der Waals surface area contributed by atoms with Crippen LogP contribution in [0.3, 0.4) is 0 Å². The van der Waals surface area contributed by atoms with E-state index in [2.05, 4.69) is 10.3 Å². The summed E-state index contributed by atoms with van der Waals surface area (Å²) in [5, 5.41) is 14.5. The summed E-state index contributed by atoms with van der Waals surface area (Å²) in [4.78, 5) is 27.1. The van der Waals surface area contributed by atoms with Crippen molar-refractivity contribution in [3.8, 4) is 0 Å². The minimum absolute atomic E-state index is 0.0803. The number of aryl methyl sites for hydroxylation is 1. The molecule has 0 aliphatic heterocycles. The molecular weight excluding hydrogens is 364 g/mol. The number of hydrogen-bond acceptors (Lipinski definition) is 5. The van der Waals surface area contributed by atoms with Crippen molar-refractivity contribution >= 4 is 51.7 Å². The number of carbonyl (C=O) groups is 1. The molecule has 1 N–H and O–H groups in total. The molecule has 0 spiro atoms. The van der Waals surface area contributed by atoms with Gasteiger partial charge in [-0.25, -0.2) is 4.98 Å². The zero-order valence-corrected chi connectivity index (χ0v) is 14.7. The monoisotopic (exact) mass is 376 g/mol. The number of nitrogens with zero attached hydrogens (tertiary/aromatic N) is 3. The average Bonchev–Trinajstić information content (AvgIpc) is 2.91. The molecule has 0 saturated heterocycles. The SMILES string of the molecule is Cn1c(SCC(=O)Nc2ccc(Cl)cc2[N+](=O)[O-])nc2ccccc21. The van der Waals surface area contributed by atoms with Crippen LogP contribution in [0.4, 0.5) is 11.4 Å². The molecule has 0 aliphatic rings. The Labute approximate surface area is 152 Å². The summed E-state index contributed by atoms with van der Waals surface area (Å²) in [5.74, 6) is -0.279. The van der Waals surface area contributed by atoms with Crippen molar-refractivity contribution in [2.45, 2.75) is 5.16 Å². The first kappa shape index (κ1) is 17.2. The molecular formula is C16H13ClN4O3S. The van der Waals surface area contributed by atoms with Gasteiger partial charge in [-0.15, -0.1) is 0 Å². The van der Waals surface area contributed by atoms with Crippen LogP contribution in [0.15, 0.2) is 47.6 Å². The summed E-state index contributed by atoms with van der Waals surface area (Å²) >= 11 is 7.02. The minimum Gasteiger partial charge on any atom is -0.322 e. The van der Waals surface area contributed by atoms with Crippen LogP contribution in [0.5, 0.6) is 0 Å². The predicted molar refractivity (Wildman–Crippen MR) is 98.2 cm³/mol. The smallest absolute Gasteiger partial charge is 0.294 e. The van der Waals surface area contributed by atoms with E-state index in [1.165, 1.54) is 30.0 Å². The van der Waals surface area contributed by atoms with Gasteiger partial charge in [-0.3, -0.25) is 14.9 Å². The van der Waals surface area contributed by atoms with E-state index in [0.717, 1.165) is 11.0 Å². The van der Waals surface area contributed by atoms with Gasteiger partial charge < -0.3 is 9.88 Å². The van der Waals surface area contributed by atoms with Crippen LogP contribution in [0.1, 0.15) is 0 Å². The van der Waals surface area contributed by atoms with Crippen molar-refractivity contribution < 1.29 is 9.72 Å². The van der Waals surface area contributed by atoms with Gasteiger partial charge in [0.25, 0.3) is 5.69 Å². The second kappa shape index (κ2) is 7.12. The molecule has 25 heavy (non-hydrogen) atoms. The fraction of sp³-hybridized carbons (Fsp3) is 0.125. The summed E-state index contributed by atoms with van der Waals surface area (Å²) in [6.07, 6.45) is 0. The number of rotatable bonds is 5. The highest BCUT2D eigenvalue weighted by Crippen LogP contribution is 2.28. The van der Waals surface area contributed by atoms with Gasteiger partial charge in [-0.05, 0) is 24.3 Å². The molecule has 128 valence electrons. The number of hydrogen-bond donors (Lipinski definition) is 1. The lowest BCUT2D eigenvalue weighted by Gasteiger charge is -2.06. The largest absolute Gasteiger partial charge is 0.322 e. The van der Waals surface area contributed by atoms with E-state index in [-0.39, 0.29) is 28.1 Å². The number of nitro groups is 1. The van der Waals surface area contributed by atoms with Crippen LogP contribution in [0, 0.1) is 10.1 Å². The van der Waals surface area contributed by atoms with E-state index in [4.69, 9.17) is 11.6 Å². The lowest BCUT2D eigenvalue weighted by atomic mass is 10.2. The molecule has 0 atom stereocenters. The van der Waals surface area contributed by atoms with Gasteiger partial charge in [0, 0.05) is 18.1 Å². The second-order valence-corrected chi connectivity index (χ2v) is 6.58. The van der Waals surface area contributed by atoms with Crippen molar-refractivity contribution in [3.63, 3.8) is 0 Å². The Morgan fingerprint density at radius 2 is 2.12 bits per heavy atom. The maximum Gasteiger partial charge on any atom is 0.294 e. The van der Waals surface area contributed by atoms with Crippen LogP contribution < -0.4 is 5.32 Å². The summed E-state index contributed by atoms with van der Waals surface area (Å²) in [6.45, 7) is 0. The Morgan fingerprint density at radius 1 is 1.36 bits per heavy atom. The molecule has 7 nitrogen and oxygen atoms in total. The molecule has 1 heterocycles. The maximum absolute atomic E-state index is 12.1. The third-order valence-corrected chi connectivity index (χ3v) is 4.77. The van der Waals surface area contributed by atoms with E-state index in [0.29, 0.717) is 5.16 Å². The van der Waals surface area contributed by atoms with Gasteiger partial charge in [-0.2, -0.15) is 0 Å². The van der Waals surface area contributed by atoms with Crippen LogP contribution in [0.2, 0.25) is 5.02 Å². The standard InChI is InChI=1S/C16H13ClN4O3S/c1-20-13-5-3-2-4-11(13)19-16(20)25-9-15(22)18-12-7-6-10(17)8-14(12)21(23)24/h2-8H,9H2,1H3,(H,18,22). The number of nitro benzene ring substituents is 1. The summed E-state index contributed by atoms with van der Waals surface area (Å²) < 4.78 is 1.90. The van der Waals surface area contributed by atoms with Crippen molar-refractivity contribution in [2.75, 3.05) is 11.1 Å². The molecule has 3 rings (SSSR count). The third-order valence-electron chi connectivity index (χ3n) is 3.51. The molecule has 0 radical (unpaired) electrons. The number of imidazole rings is 1. The molecule has 0 bridgehead atoms. The molecule has 1 amide bonds. The number of nitrogens with one attached hydrogen (secondary N) is 1. The van der Waals surface area contributed by atoms with E-state index in [1.54, 1.807) is 0 Å². The number of fused-ring (bicyclic) bond motifs is 1. The second-order valence-electron chi connectivity index (χ2n) is 5.20. The fourth-order valence-corrected chi connectivity index (χ4v) is 3.28. The number of amides is 1. The zero-order valence-electron chi connectivity index (χ0n) is 13.1. The lowest BCUT2D eigenvalue weighted by molar-refractivity contribution is -0.383. The Kier molecular flexibility index (Phi) is 4.91. The van der Waals surface area contributed by atoms with Crippen LogP contribution >= 0.6 is 23.4 Å². The quantitative estimate of drug-likeness (QED) is 0.414. The number of aromatic nitrogens is 2. The molecule has 0 fully saturated rings. The van der Waals surface area contributed by atoms with Gasteiger partial charge in [-0.1, -0.05) is 35.5 Å². The Balaban J connectivity index is 1.71. The lowest BCUT2D eigenvalue weighted by Crippen LogP contribution is -2.15. The fourth-order valence-electron chi connectivity index (χ4n) is 2.33. The summed E-state index contributed by atoms with van der Waals surface area (Å²) in [7, 11) is 1.87. The summed E-state index contributed by atoms with van der Waals surface area (Å²) in [6, 6.07) is 11.8. The molecule has 0 unspecified atom stereocenters. The van der Waals surface area contributed by atoms with Crippen molar-refractivity contribution in [1.29, 1.82) is 0 Å². The van der Waals surface area contributed by atoms with E-state index in [9.17, 15) is 14.9 Å². The first-order valence-electron chi connectivity index (χ1n) is 7.24. The normalized spacial score (nSPS) is 10.8. The highest BCUT2D eigenvalue weighted by atomic mass is 35.5. The van der Waals surface area contributed by atoms with Crippen LogP contribution in [0.25, 0.3) is 11.0 Å². The molecule has 2 aromatic carbocycles. The van der Waals surface area contributed by atoms with Crippen LogP contribution in [-0.2, 0) is 11.8 Å². The topological polar surface area (TPSA) is 90.1 Å². The van der Waals surface area contributed by atoms with E-state index < -0.39 is 4.92 Å². The van der Waals surface area contributed by atoms with E-state index >= 15 is 0 Å². The number of anilines is 1.